The molecule has 0 aliphatic carbocycles. The second-order valence-corrected chi connectivity index (χ2v) is 5.73. The first kappa shape index (κ1) is 15.5. The van der Waals surface area contributed by atoms with Crippen molar-refractivity contribution in [1.29, 1.82) is 0 Å². The van der Waals surface area contributed by atoms with Crippen molar-refractivity contribution < 1.29 is 9.53 Å². The maximum atomic E-state index is 11.5. The Labute approximate surface area is 132 Å². The molecule has 2 atom stereocenters. The Morgan fingerprint density at radius 3 is 2.33 bits per heavy atom. The Hall–Kier alpha value is -1.85. The molecule has 0 spiro atoms. The van der Waals surface area contributed by atoms with Crippen LogP contribution >= 0.6 is 15.9 Å². The molecule has 4 nitrogen and oxygen atoms in total. The zero-order valence-electron chi connectivity index (χ0n) is 11.6. The van der Waals surface area contributed by atoms with Crippen molar-refractivity contribution >= 4 is 21.8 Å². The number of carbonyl (C=O) groups is 1. The van der Waals surface area contributed by atoms with Gasteiger partial charge in [-0.2, -0.15) is 0 Å². The van der Waals surface area contributed by atoms with Crippen LogP contribution in [-0.2, 0) is 0 Å². The standard InChI is InChI=1S/C16H17BrN2O2/c1-10(18)15(11-6-8-12(17)9-7-11)21-14-5-3-2-4-13(14)16(19)20/h2-10,15H,18H2,1H3,(H2,19,20). The fourth-order valence-electron chi connectivity index (χ4n) is 2.04. The summed E-state index contributed by atoms with van der Waals surface area (Å²) in [5.74, 6) is -0.0833. The van der Waals surface area contributed by atoms with E-state index in [2.05, 4.69) is 15.9 Å². The van der Waals surface area contributed by atoms with Gasteiger partial charge in [0, 0.05) is 10.5 Å². The summed E-state index contributed by atoms with van der Waals surface area (Å²) in [6, 6.07) is 14.4. The van der Waals surface area contributed by atoms with Gasteiger partial charge in [0.25, 0.3) is 5.91 Å². The second-order valence-electron chi connectivity index (χ2n) is 4.81. The Balaban J connectivity index is 2.33. The van der Waals surface area contributed by atoms with E-state index in [9.17, 15) is 4.79 Å². The summed E-state index contributed by atoms with van der Waals surface area (Å²) < 4.78 is 6.93. The van der Waals surface area contributed by atoms with E-state index in [1.165, 1.54) is 0 Å². The van der Waals surface area contributed by atoms with Gasteiger partial charge in [-0.3, -0.25) is 4.79 Å². The highest BCUT2D eigenvalue weighted by Gasteiger charge is 2.20. The average Bonchev–Trinajstić information content (AvgIpc) is 2.46. The summed E-state index contributed by atoms with van der Waals surface area (Å²) >= 11 is 3.40. The van der Waals surface area contributed by atoms with Gasteiger partial charge in [-0.05, 0) is 36.8 Å². The van der Waals surface area contributed by atoms with E-state index in [-0.39, 0.29) is 12.1 Å². The van der Waals surface area contributed by atoms with Crippen LogP contribution in [0.5, 0.6) is 5.75 Å². The molecule has 0 saturated carbocycles. The molecule has 0 radical (unpaired) electrons. The molecule has 110 valence electrons. The fraction of sp³-hybridized carbons (Fsp3) is 0.188. The number of hydrogen-bond donors (Lipinski definition) is 2. The lowest BCUT2D eigenvalue weighted by Crippen LogP contribution is -2.29. The number of amides is 1. The van der Waals surface area contributed by atoms with Crippen molar-refractivity contribution in [2.45, 2.75) is 19.1 Å². The van der Waals surface area contributed by atoms with Crippen LogP contribution in [0.25, 0.3) is 0 Å². The number of hydrogen-bond acceptors (Lipinski definition) is 3. The average molecular weight is 349 g/mol. The topological polar surface area (TPSA) is 78.3 Å². The van der Waals surface area contributed by atoms with Crippen LogP contribution in [0, 0.1) is 0 Å². The van der Waals surface area contributed by atoms with E-state index in [4.69, 9.17) is 16.2 Å². The summed E-state index contributed by atoms with van der Waals surface area (Å²) in [6.07, 6.45) is -0.362. The van der Waals surface area contributed by atoms with Crippen molar-refractivity contribution in [2.75, 3.05) is 0 Å². The minimum absolute atomic E-state index is 0.243. The normalized spacial score (nSPS) is 13.5. The third kappa shape index (κ3) is 3.83. The van der Waals surface area contributed by atoms with Crippen LogP contribution in [-0.4, -0.2) is 11.9 Å². The second kappa shape index (κ2) is 6.74. The lowest BCUT2D eigenvalue weighted by Gasteiger charge is -2.24. The number of para-hydroxylation sites is 1. The molecule has 0 saturated heterocycles. The van der Waals surface area contributed by atoms with Gasteiger partial charge in [-0.1, -0.05) is 40.2 Å². The zero-order chi connectivity index (χ0) is 15.4. The van der Waals surface area contributed by atoms with Gasteiger partial charge in [-0.25, -0.2) is 0 Å². The van der Waals surface area contributed by atoms with Crippen LogP contribution in [0.15, 0.2) is 53.0 Å². The minimum Gasteiger partial charge on any atom is -0.483 e. The maximum Gasteiger partial charge on any atom is 0.252 e. The SMILES string of the molecule is CC(N)C(Oc1ccccc1C(N)=O)c1ccc(Br)cc1. The van der Waals surface area contributed by atoms with Crippen LogP contribution < -0.4 is 16.2 Å². The maximum absolute atomic E-state index is 11.5. The summed E-state index contributed by atoms with van der Waals surface area (Å²) in [4.78, 5) is 11.5. The highest BCUT2D eigenvalue weighted by atomic mass is 79.9. The van der Waals surface area contributed by atoms with Gasteiger partial charge >= 0.3 is 0 Å². The molecular formula is C16H17BrN2O2. The van der Waals surface area contributed by atoms with E-state index < -0.39 is 5.91 Å². The van der Waals surface area contributed by atoms with E-state index in [0.717, 1.165) is 10.0 Å². The number of primary amides is 1. The Bertz CT molecular complexity index is 626. The van der Waals surface area contributed by atoms with Crippen molar-refractivity contribution in [3.05, 3.63) is 64.1 Å². The first-order valence-corrected chi connectivity index (χ1v) is 7.35. The number of ether oxygens (including phenoxy) is 1. The van der Waals surface area contributed by atoms with Gasteiger partial charge in [0.05, 0.1) is 5.56 Å². The van der Waals surface area contributed by atoms with Crippen LogP contribution in [0.3, 0.4) is 0 Å². The van der Waals surface area contributed by atoms with E-state index in [0.29, 0.717) is 11.3 Å². The van der Waals surface area contributed by atoms with Crippen LogP contribution in [0.2, 0.25) is 0 Å². The molecule has 5 heteroatoms. The molecular weight excluding hydrogens is 332 g/mol. The summed E-state index contributed by atoms with van der Waals surface area (Å²) in [7, 11) is 0. The van der Waals surface area contributed by atoms with Crippen molar-refractivity contribution in [2.24, 2.45) is 11.5 Å². The Morgan fingerprint density at radius 1 is 1.14 bits per heavy atom. The Kier molecular flexibility index (Phi) is 4.98. The monoisotopic (exact) mass is 348 g/mol. The first-order chi connectivity index (χ1) is 9.99. The molecule has 4 N–H and O–H groups in total. The van der Waals surface area contributed by atoms with Gasteiger partial charge in [0.2, 0.25) is 0 Å². The van der Waals surface area contributed by atoms with E-state index in [1.807, 2.05) is 31.2 Å². The molecule has 0 aliphatic rings. The predicted octanol–water partition coefficient (Wildman–Crippen LogP) is 3.02. The smallest absolute Gasteiger partial charge is 0.252 e. The summed E-state index contributed by atoms with van der Waals surface area (Å²) in [5.41, 5.74) is 12.7. The third-order valence-corrected chi connectivity index (χ3v) is 3.61. The number of rotatable bonds is 5. The van der Waals surface area contributed by atoms with E-state index >= 15 is 0 Å². The number of nitrogens with two attached hydrogens (primary N) is 2. The lowest BCUT2D eigenvalue weighted by molar-refractivity contribution is 0.0990. The number of benzene rings is 2. The van der Waals surface area contributed by atoms with Crippen molar-refractivity contribution in [1.82, 2.24) is 0 Å². The highest BCUT2D eigenvalue weighted by Crippen LogP contribution is 2.27. The molecule has 21 heavy (non-hydrogen) atoms. The Morgan fingerprint density at radius 2 is 1.76 bits per heavy atom. The highest BCUT2D eigenvalue weighted by molar-refractivity contribution is 9.10. The summed E-state index contributed by atoms with van der Waals surface area (Å²) in [5, 5.41) is 0. The first-order valence-electron chi connectivity index (χ1n) is 6.55. The quantitative estimate of drug-likeness (QED) is 0.871. The van der Waals surface area contributed by atoms with Gasteiger partial charge in [0.15, 0.2) is 0 Å². The third-order valence-electron chi connectivity index (χ3n) is 3.08. The molecule has 2 unspecified atom stereocenters. The molecule has 2 aromatic carbocycles. The van der Waals surface area contributed by atoms with Crippen LogP contribution in [0.1, 0.15) is 28.9 Å². The molecule has 2 rings (SSSR count). The molecule has 2 aromatic rings. The molecule has 0 fully saturated rings. The van der Waals surface area contributed by atoms with Crippen LogP contribution in [0.4, 0.5) is 0 Å². The van der Waals surface area contributed by atoms with Gasteiger partial charge in [0.1, 0.15) is 11.9 Å². The largest absolute Gasteiger partial charge is 0.483 e. The zero-order valence-corrected chi connectivity index (χ0v) is 13.2. The number of carbonyl (C=O) groups excluding carboxylic acids is 1. The minimum atomic E-state index is -0.523. The van der Waals surface area contributed by atoms with E-state index in [1.54, 1.807) is 24.3 Å². The van der Waals surface area contributed by atoms with Gasteiger partial charge < -0.3 is 16.2 Å². The van der Waals surface area contributed by atoms with Crippen molar-refractivity contribution in [3.8, 4) is 5.75 Å². The molecule has 0 heterocycles. The lowest BCUT2D eigenvalue weighted by atomic mass is 10.0. The van der Waals surface area contributed by atoms with Gasteiger partial charge in [-0.15, -0.1) is 0 Å². The molecule has 1 amide bonds. The molecule has 0 aliphatic heterocycles. The number of halogens is 1. The molecule has 0 bridgehead atoms. The fourth-order valence-corrected chi connectivity index (χ4v) is 2.31. The predicted molar refractivity (Wildman–Crippen MR) is 86.1 cm³/mol. The van der Waals surface area contributed by atoms with Crippen molar-refractivity contribution in [3.63, 3.8) is 0 Å². The molecule has 0 aromatic heterocycles. The summed E-state index contributed by atoms with van der Waals surface area (Å²) in [6.45, 7) is 1.86.